The molecule has 0 aliphatic heterocycles. The Kier molecular flexibility index (Phi) is 3.88. The Labute approximate surface area is 150 Å². The van der Waals surface area contributed by atoms with Crippen LogP contribution < -0.4 is 15.0 Å². The molecule has 6 heteroatoms. The second kappa shape index (κ2) is 6.22. The molecule has 0 saturated carbocycles. The van der Waals surface area contributed by atoms with Crippen LogP contribution in [0.25, 0.3) is 33.1 Å². The first kappa shape index (κ1) is 16.2. The van der Waals surface area contributed by atoms with Crippen LogP contribution in [0, 0.1) is 0 Å². The van der Waals surface area contributed by atoms with E-state index < -0.39 is 0 Å². The maximum Gasteiger partial charge on any atom is 0.258 e. The number of fused-ring (bicyclic) bond motifs is 3. The maximum atomic E-state index is 13.2. The minimum Gasteiger partial charge on any atom is -0.497 e. The van der Waals surface area contributed by atoms with Gasteiger partial charge in [0.1, 0.15) is 17.1 Å². The molecule has 0 atom stereocenters. The first-order valence-corrected chi connectivity index (χ1v) is 8.39. The number of ether oxygens (including phenoxy) is 2. The standard InChI is InChI=1S/C20H19N3O3/c1-4-23-18-13(11-22-19-16(18)5-6-21-19)9-17(20(23)24)12-7-14(25-2)10-15(8-12)26-3/h5-11H,4H2,1-3H3,(H,21,22). The van der Waals surface area contributed by atoms with E-state index in [2.05, 4.69) is 9.97 Å². The molecular weight excluding hydrogens is 330 g/mol. The van der Waals surface area contributed by atoms with E-state index in [0.29, 0.717) is 23.6 Å². The fourth-order valence-corrected chi connectivity index (χ4v) is 3.35. The molecule has 6 nitrogen and oxygen atoms in total. The van der Waals surface area contributed by atoms with Gasteiger partial charge in [0.25, 0.3) is 5.56 Å². The molecule has 3 heterocycles. The van der Waals surface area contributed by atoms with Crippen LogP contribution in [-0.4, -0.2) is 28.8 Å². The summed E-state index contributed by atoms with van der Waals surface area (Å²) in [6, 6.07) is 9.30. The fraction of sp³-hybridized carbons (Fsp3) is 0.200. The van der Waals surface area contributed by atoms with Gasteiger partial charge in [0.15, 0.2) is 0 Å². The van der Waals surface area contributed by atoms with Crippen molar-refractivity contribution in [3.8, 4) is 22.6 Å². The van der Waals surface area contributed by atoms with Crippen molar-refractivity contribution in [2.75, 3.05) is 14.2 Å². The van der Waals surface area contributed by atoms with Crippen LogP contribution in [-0.2, 0) is 6.54 Å². The highest BCUT2D eigenvalue weighted by Crippen LogP contribution is 2.31. The molecule has 132 valence electrons. The summed E-state index contributed by atoms with van der Waals surface area (Å²) in [5.41, 5.74) is 2.96. The van der Waals surface area contributed by atoms with Gasteiger partial charge in [-0.05, 0) is 36.8 Å². The quantitative estimate of drug-likeness (QED) is 0.611. The van der Waals surface area contributed by atoms with Gasteiger partial charge in [-0.1, -0.05) is 0 Å². The van der Waals surface area contributed by atoms with Crippen molar-refractivity contribution >= 4 is 21.9 Å². The third kappa shape index (κ3) is 2.42. The normalized spacial score (nSPS) is 11.2. The number of pyridine rings is 2. The van der Waals surface area contributed by atoms with Crippen molar-refractivity contribution in [2.45, 2.75) is 13.5 Å². The molecule has 0 aliphatic rings. The van der Waals surface area contributed by atoms with E-state index in [1.54, 1.807) is 31.0 Å². The number of benzene rings is 1. The molecule has 0 fully saturated rings. The molecule has 1 N–H and O–H groups in total. The summed E-state index contributed by atoms with van der Waals surface area (Å²) in [6.07, 6.45) is 3.63. The highest BCUT2D eigenvalue weighted by molar-refractivity contribution is 6.03. The van der Waals surface area contributed by atoms with Gasteiger partial charge in [-0.2, -0.15) is 0 Å². The van der Waals surface area contributed by atoms with E-state index in [0.717, 1.165) is 27.5 Å². The second-order valence-corrected chi connectivity index (χ2v) is 6.01. The van der Waals surface area contributed by atoms with Crippen LogP contribution in [0.5, 0.6) is 11.5 Å². The number of rotatable bonds is 4. The number of nitrogens with zero attached hydrogens (tertiary/aromatic N) is 2. The van der Waals surface area contributed by atoms with Gasteiger partial charge < -0.3 is 19.0 Å². The molecule has 0 bridgehead atoms. The first-order chi connectivity index (χ1) is 12.7. The number of aromatic amines is 1. The van der Waals surface area contributed by atoms with Gasteiger partial charge in [-0.15, -0.1) is 0 Å². The van der Waals surface area contributed by atoms with Crippen LogP contribution in [0.15, 0.2) is 47.5 Å². The summed E-state index contributed by atoms with van der Waals surface area (Å²) in [4.78, 5) is 20.8. The third-order valence-corrected chi connectivity index (χ3v) is 4.61. The highest BCUT2D eigenvalue weighted by atomic mass is 16.5. The lowest BCUT2D eigenvalue weighted by molar-refractivity contribution is 0.394. The van der Waals surface area contributed by atoms with Gasteiger partial charge in [-0.25, -0.2) is 4.98 Å². The lowest BCUT2D eigenvalue weighted by atomic mass is 10.0. The largest absolute Gasteiger partial charge is 0.497 e. The van der Waals surface area contributed by atoms with Gasteiger partial charge in [0.2, 0.25) is 0 Å². The molecule has 3 aromatic heterocycles. The molecule has 0 radical (unpaired) electrons. The molecule has 26 heavy (non-hydrogen) atoms. The summed E-state index contributed by atoms with van der Waals surface area (Å²) in [5, 5.41) is 1.85. The van der Waals surface area contributed by atoms with Crippen molar-refractivity contribution in [3.63, 3.8) is 0 Å². The Balaban J connectivity index is 2.07. The second-order valence-electron chi connectivity index (χ2n) is 6.01. The van der Waals surface area contributed by atoms with Crippen molar-refractivity contribution in [2.24, 2.45) is 0 Å². The molecule has 0 unspecified atom stereocenters. The van der Waals surface area contributed by atoms with Crippen molar-refractivity contribution in [1.29, 1.82) is 0 Å². The first-order valence-electron chi connectivity index (χ1n) is 8.39. The van der Waals surface area contributed by atoms with Gasteiger partial charge in [0, 0.05) is 41.3 Å². The number of nitrogens with one attached hydrogen (secondary N) is 1. The van der Waals surface area contributed by atoms with Gasteiger partial charge >= 0.3 is 0 Å². The minimum atomic E-state index is -0.0518. The van der Waals surface area contributed by atoms with Crippen molar-refractivity contribution in [3.05, 3.63) is 53.1 Å². The number of hydrogen-bond acceptors (Lipinski definition) is 4. The van der Waals surface area contributed by atoms with Crippen molar-refractivity contribution < 1.29 is 9.47 Å². The van der Waals surface area contributed by atoms with E-state index in [4.69, 9.17) is 9.47 Å². The Morgan fingerprint density at radius 3 is 2.50 bits per heavy atom. The van der Waals surface area contributed by atoms with Crippen LogP contribution in [0.4, 0.5) is 0 Å². The minimum absolute atomic E-state index is 0.0518. The van der Waals surface area contributed by atoms with E-state index in [1.807, 2.05) is 37.4 Å². The van der Waals surface area contributed by atoms with E-state index >= 15 is 0 Å². The van der Waals surface area contributed by atoms with Crippen LogP contribution in [0.1, 0.15) is 6.92 Å². The molecular formula is C20H19N3O3. The number of aryl methyl sites for hydroxylation is 1. The number of methoxy groups -OCH3 is 2. The zero-order chi connectivity index (χ0) is 18.3. The average molecular weight is 349 g/mol. The Morgan fingerprint density at radius 2 is 1.85 bits per heavy atom. The molecule has 0 aliphatic carbocycles. The molecule has 0 saturated heterocycles. The molecule has 1 aromatic carbocycles. The Morgan fingerprint density at radius 1 is 1.12 bits per heavy atom. The summed E-state index contributed by atoms with van der Waals surface area (Å²) in [6.45, 7) is 2.53. The van der Waals surface area contributed by atoms with E-state index in [-0.39, 0.29) is 5.56 Å². The summed E-state index contributed by atoms with van der Waals surface area (Å²) in [7, 11) is 3.19. The zero-order valence-electron chi connectivity index (χ0n) is 14.9. The fourth-order valence-electron chi connectivity index (χ4n) is 3.35. The Hall–Kier alpha value is -3.28. The topological polar surface area (TPSA) is 69.1 Å². The number of hydrogen-bond donors (Lipinski definition) is 1. The van der Waals surface area contributed by atoms with Crippen LogP contribution in [0.2, 0.25) is 0 Å². The number of H-pyrrole nitrogens is 1. The predicted molar refractivity (Wildman–Crippen MR) is 102 cm³/mol. The van der Waals surface area contributed by atoms with E-state index in [9.17, 15) is 4.79 Å². The van der Waals surface area contributed by atoms with Gasteiger partial charge in [-0.3, -0.25) is 4.79 Å². The summed E-state index contributed by atoms with van der Waals surface area (Å²) >= 11 is 0. The van der Waals surface area contributed by atoms with Crippen molar-refractivity contribution in [1.82, 2.24) is 14.5 Å². The predicted octanol–water partition coefficient (Wildman–Crippen LogP) is 3.58. The SMILES string of the molecule is CCn1c(=O)c(-c2cc(OC)cc(OC)c2)cc2cnc3[nH]ccc3c21. The van der Waals surface area contributed by atoms with Crippen LogP contribution >= 0.6 is 0 Å². The Bertz CT molecular complexity index is 1150. The molecule has 4 aromatic rings. The lowest BCUT2D eigenvalue weighted by Crippen LogP contribution is -2.21. The number of aromatic nitrogens is 3. The molecule has 0 spiro atoms. The van der Waals surface area contributed by atoms with Gasteiger partial charge in [0.05, 0.1) is 19.7 Å². The lowest BCUT2D eigenvalue weighted by Gasteiger charge is -2.13. The zero-order valence-corrected chi connectivity index (χ0v) is 14.9. The smallest absolute Gasteiger partial charge is 0.258 e. The van der Waals surface area contributed by atoms with E-state index in [1.165, 1.54) is 0 Å². The monoisotopic (exact) mass is 349 g/mol. The van der Waals surface area contributed by atoms with Crippen LogP contribution in [0.3, 0.4) is 0 Å². The third-order valence-electron chi connectivity index (χ3n) is 4.61. The summed E-state index contributed by atoms with van der Waals surface area (Å²) < 4.78 is 12.5. The average Bonchev–Trinajstić information content (AvgIpc) is 3.16. The highest BCUT2D eigenvalue weighted by Gasteiger charge is 2.15. The maximum absolute atomic E-state index is 13.2. The molecule has 0 amide bonds. The summed E-state index contributed by atoms with van der Waals surface area (Å²) in [5.74, 6) is 1.28. The molecule has 4 rings (SSSR count).